The molecule has 0 saturated carbocycles. The van der Waals surface area contributed by atoms with Crippen molar-refractivity contribution in [2.45, 2.75) is 24.9 Å². The van der Waals surface area contributed by atoms with Crippen LogP contribution in [0.1, 0.15) is 19.3 Å². The van der Waals surface area contributed by atoms with Gasteiger partial charge in [0.1, 0.15) is 5.60 Å². The third-order valence-corrected chi connectivity index (χ3v) is 2.13. The van der Waals surface area contributed by atoms with E-state index in [4.69, 9.17) is 20.6 Å². The van der Waals surface area contributed by atoms with E-state index < -0.39 is 11.6 Å². The second-order valence-electron chi connectivity index (χ2n) is 2.98. The van der Waals surface area contributed by atoms with E-state index in [-0.39, 0.29) is 6.42 Å². The zero-order valence-corrected chi connectivity index (χ0v) is 6.78. The summed E-state index contributed by atoms with van der Waals surface area (Å²) < 4.78 is 5.08. The van der Waals surface area contributed by atoms with Crippen LogP contribution in [0.3, 0.4) is 0 Å². The van der Waals surface area contributed by atoms with E-state index in [9.17, 15) is 4.79 Å². The van der Waals surface area contributed by atoms with E-state index in [1.165, 1.54) is 0 Å². The monoisotopic (exact) mass is 175 g/mol. The predicted molar refractivity (Wildman–Crippen MR) is 40.3 cm³/mol. The number of carboxylic acids is 1. The summed E-state index contributed by atoms with van der Waals surface area (Å²) in [7, 11) is 0. The van der Waals surface area contributed by atoms with Crippen LogP contribution in [0.2, 0.25) is 0 Å². The molecular formula is C7H13NO4. The van der Waals surface area contributed by atoms with Crippen molar-refractivity contribution in [3.8, 4) is 0 Å². The topological polar surface area (TPSA) is 81.8 Å². The Morgan fingerprint density at radius 1 is 1.58 bits per heavy atom. The van der Waals surface area contributed by atoms with Crippen molar-refractivity contribution in [1.29, 1.82) is 0 Å². The van der Waals surface area contributed by atoms with Crippen molar-refractivity contribution in [2.24, 2.45) is 5.90 Å². The Morgan fingerprint density at radius 2 is 2.17 bits per heavy atom. The number of rotatable bonds is 3. The van der Waals surface area contributed by atoms with E-state index in [0.717, 1.165) is 0 Å². The Hall–Kier alpha value is -0.650. The zero-order chi connectivity index (χ0) is 9.03. The molecule has 0 spiro atoms. The number of carboxylic acid groups (broad SMARTS) is 1. The zero-order valence-electron chi connectivity index (χ0n) is 6.78. The van der Waals surface area contributed by atoms with Crippen LogP contribution in [0.25, 0.3) is 0 Å². The molecule has 1 rings (SSSR count). The Bertz CT molecular complexity index is 165. The van der Waals surface area contributed by atoms with Crippen molar-refractivity contribution in [2.75, 3.05) is 13.2 Å². The van der Waals surface area contributed by atoms with Crippen molar-refractivity contribution < 1.29 is 19.5 Å². The maximum Gasteiger partial charge on any atom is 0.306 e. The SMILES string of the molecule is NOC1(CC(=O)O)CCOCC1. The molecule has 5 nitrogen and oxygen atoms in total. The molecule has 1 aliphatic rings. The summed E-state index contributed by atoms with van der Waals surface area (Å²) in [5.74, 6) is 4.18. The molecule has 3 N–H and O–H groups in total. The second kappa shape index (κ2) is 3.84. The van der Waals surface area contributed by atoms with Crippen molar-refractivity contribution >= 4 is 5.97 Å². The van der Waals surface area contributed by atoms with E-state index in [1.807, 2.05) is 0 Å². The van der Waals surface area contributed by atoms with Crippen LogP contribution in [0.4, 0.5) is 0 Å². The minimum Gasteiger partial charge on any atom is -0.481 e. The minimum atomic E-state index is -0.887. The summed E-state index contributed by atoms with van der Waals surface area (Å²) in [4.78, 5) is 15.2. The summed E-state index contributed by atoms with van der Waals surface area (Å²) in [6, 6.07) is 0. The van der Waals surface area contributed by atoms with Gasteiger partial charge in [-0.25, -0.2) is 5.90 Å². The van der Waals surface area contributed by atoms with E-state index in [1.54, 1.807) is 0 Å². The number of hydrogen-bond donors (Lipinski definition) is 2. The summed E-state index contributed by atoms with van der Waals surface area (Å²) in [6.45, 7) is 1.04. The largest absolute Gasteiger partial charge is 0.481 e. The standard InChI is InChI=1S/C7H13NO4/c8-12-7(5-6(9)10)1-3-11-4-2-7/h1-5,8H2,(H,9,10). The first-order chi connectivity index (χ1) is 5.68. The van der Waals surface area contributed by atoms with Gasteiger partial charge in [-0.1, -0.05) is 0 Å². The van der Waals surface area contributed by atoms with Crippen LogP contribution >= 0.6 is 0 Å². The number of ether oxygens (including phenoxy) is 1. The quantitative estimate of drug-likeness (QED) is 0.585. The molecule has 0 aromatic carbocycles. The third-order valence-electron chi connectivity index (χ3n) is 2.13. The van der Waals surface area contributed by atoms with Gasteiger partial charge < -0.3 is 9.84 Å². The second-order valence-corrected chi connectivity index (χ2v) is 2.98. The average molecular weight is 175 g/mol. The first-order valence-electron chi connectivity index (χ1n) is 3.86. The van der Waals surface area contributed by atoms with E-state index in [0.29, 0.717) is 26.1 Å². The normalized spacial score (nSPS) is 22.1. The van der Waals surface area contributed by atoms with Gasteiger partial charge in [0.05, 0.1) is 6.42 Å². The molecule has 0 bridgehead atoms. The molecule has 0 radical (unpaired) electrons. The summed E-state index contributed by atoms with van der Waals surface area (Å²) >= 11 is 0. The predicted octanol–water partition coefficient (Wildman–Crippen LogP) is -0.0994. The van der Waals surface area contributed by atoms with Gasteiger partial charge in [0.2, 0.25) is 0 Å². The van der Waals surface area contributed by atoms with E-state index >= 15 is 0 Å². The van der Waals surface area contributed by atoms with Gasteiger partial charge in [0.25, 0.3) is 0 Å². The summed E-state index contributed by atoms with van der Waals surface area (Å²) in [5, 5.41) is 8.59. The molecule has 0 amide bonds. The fourth-order valence-electron chi connectivity index (χ4n) is 1.36. The minimum absolute atomic E-state index is 0.0488. The highest BCUT2D eigenvalue weighted by atomic mass is 16.6. The van der Waals surface area contributed by atoms with Crippen molar-refractivity contribution in [1.82, 2.24) is 0 Å². The number of aliphatic carboxylic acids is 1. The molecule has 1 aliphatic heterocycles. The molecular weight excluding hydrogens is 162 g/mol. The Kier molecular flexibility index (Phi) is 3.02. The smallest absolute Gasteiger partial charge is 0.306 e. The van der Waals surface area contributed by atoms with Crippen LogP contribution in [0.5, 0.6) is 0 Å². The van der Waals surface area contributed by atoms with Gasteiger partial charge in [0.15, 0.2) is 0 Å². The molecule has 1 saturated heterocycles. The van der Waals surface area contributed by atoms with Gasteiger partial charge in [-0.2, -0.15) is 0 Å². The van der Waals surface area contributed by atoms with Crippen molar-refractivity contribution in [3.63, 3.8) is 0 Å². The van der Waals surface area contributed by atoms with Gasteiger partial charge in [-0.05, 0) is 0 Å². The highest BCUT2D eigenvalue weighted by molar-refractivity contribution is 5.68. The Morgan fingerprint density at radius 3 is 2.58 bits per heavy atom. The first kappa shape index (κ1) is 9.44. The Balaban J connectivity index is 2.53. The number of nitrogens with two attached hydrogens (primary N) is 1. The van der Waals surface area contributed by atoms with Crippen molar-refractivity contribution in [3.05, 3.63) is 0 Å². The lowest BCUT2D eigenvalue weighted by Gasteiger charge is -2.33. The molecule has 1 fully saturated rings. The maximum absolute atomic E-state index is 10.5. The van der Waals surface area contributed by atoms with Crippen LogP contribution < -0.4 is 5.90 Å². The molecule has 0 aromatic heterocycles. The van der Waals surface area contributed by atoms with E-state index in [2.05, 4.69) is 0 Å². The summed E-state index contributed by atoms with van der Waals surface area (Å²) in [6.07, 6.45) is 1.05. The average Bonchev–Trinajstić information content (AvgIpc) is 2.05. The molecule has 0 atom stereocenters. The molecule has 0 unspecified atom stereocenters. The van der Waals surface area contributed by atoms with Gasteiger partial charge >= 0.3 is 5.97 Å². The number of carbonyl (C=O) groups is 1. The van der Waals surface area contributed by atoms with Gasteiger partial charge in [-0.15, -0.1) is 0 Å². The molecule has 1 heterocycles. The lowest BCUT2D eigenvalue weighted by Crippen LogP contribution is -2.43. The molecule has 0 aliphatic carbocycles. The van der Waals surface area contributed by atoms with Crippen LogP contribution in [-0.4, -0.2) is 29.9 Å². The Labute approximate surface area is 70.4 Å². The third kappa shape index (κ3) is 2.17. The maximum atomic E-state index is 10.5. The van der Waals surface area contributed by atoms with Crippen LogP contribution in [0, 0.1) is 0 Å². The van der Waals surface area contributed by atoms with Gasteiger partial charge in [-0.3, -0.25) is 9.63 Å². The molecule has 70 valence electrons. The van der Waals surface area contributed by atoms with Gasteiger partial charge in [0, 0.05) is 26.1 Å². The lowest BCUT2D eigenvalue weighted by molar-refractivity contribution is -0.155. The molecule has 0 aromatic rings. The fourth-order valence-corrected chi connectivity index (χ4v) is 1.36. The molecule has 12 heavy (non-hydrogen) atoms. The highest BCUT2D eigenvalue weighted by Crippen LogP contribution is 2.26. The van der Waals surface area contributed by atoms with Crippen LogP contribution in [0.15, 0.2) is 0 Å². The molecule has 5 heteroatoms. The number of hydrogen-bond acceptors (Lipinski definition) is 4. The lowest BCUT2D eigenvalue weighted by atomic mass is 9.91. The van der Waals surface area contributed by atoms with Crippen LogP contribution in [-0.2, 0) is 14.4 Å². The highest BCUT2D eigenvalue weighted by Gasteiger charge is 2.35. The summed E-state index contributed by atoms with van der Waals surface area (Å²) in [5.41, 5.74) is -0.704. The first-order valence-corrected chi connectivity index (χ1v) is 3.86. The fraction of sp³-hybridized carbons (Fsp3) is 0.857.